The van der Waals surface area contributed by atoms with Crippen LogP contribution in [-0.2, 0) is 4.79 Å². The van der Waals surface area contributed by atoms with Crippen molar-refractivity contribution in [3.05, 3.63) is 84.4 Å². The van der Waals surface area contributed by atoms with Crippen LogP contribution in [0.25, 0.3) is 0 Å². The maximum Gasteiger partial charge on any atom is 0.573 e. The lowest BCUT2D eigenvalue weighted by atomic mass is 9.84. The molecule has 0 unspecified atom stereocenters. The largest absolute Gasteiger partial charge is 0.573 e. The summed E-state index contributed by atoms with van der Waals surface area (Å²) >= 11 is 0. The van der Waals surface area contributed by atoms with Gasteiger partial charge in [-0.25, -0.2) is 0 Å². The minimum Gasteiger partial charge on any atom is -0.457 e. The van der Waals surface area contributed by atoms with Crippen LogP contribution in [0.2, 0.25) is 0 Å². The van der Waals surface area contributed by atoms with Gasteiger partial charge in [-0.15, -0.1) is 13.2 Å². The molecule has 3 N–H and O–H groups in total. The number of nitrogens with one attached hydrogen (secondary N) is 3. The monoisotopic (exact) mass is 569 g/mol. The highest BCUT2D eigenvalue weighted by atomic mass is 19.4. The Labute approximate surface area is 237 Å². The van der Waals surface area contributed by atoms with E-state index in [1.807, 2.05) is 30.3 Å². The molecule has 1 atom stereocenters. The zero-order valence-corrected chi connectivity index (χ0v) is 22.6. The highest BCUT2D eigenvalue weighted by Gasteiger charge is 2.31. The van der Waals surface area contributed by atoms with Crippen molar-refractivity contribution in [1.82, 2.24) is 10.6 Å². The molecule has 0 aromatic heterocycles. The van der Waals surface area contributed by atoms with E-state index in [4.69, 9.17) is 4.74 Å². The Morgan fingerprint density at radius 2 is 1.44 bits per heavy atom. The third-order valence-electron chi connectivity index (χ3n) is 6.85. The van der Waals surface area contributed by atoms with E-state index in [1.54, 1.807) is 24.3 Å². The topological polar surface area (TPSA) is 88.7 Å². The molecule has 0 spiro atoms. The number of carbonyl (C=O) groups is 2. The molecular formula is C31H34F3N3O4. The first kappa shape index (κ1) is 29.8. The van der Waals surface area contributed by atoms with Gasteiger partial charge in [0.1, 0.15) is 23.3 Å². The number of alkyl halides is 3. The van der Waals surface area contributed by atoms with Crippen LogP contribution >= 0.6 is 0 Å². The third kappa shape index (κ3) is 10.0. The lowest BCUT2D eigenvalue weighted by Crippen LogP contribution is -2.48. The molecule has 218 valence electrons. The summed E-state index contributed by atoms with van der Waals surface area (Å²) < 4.78 is 46.7. The van der Waals surface area contributed by atoms with Gasteiger partial charge >= 0.3 is 6.36 Å². The summed E-state index contributed by atoms with van der Waals surface area (Å²) in [6.07, 6.45) is 1.29. The van der Waals surface area contributed by atoms with Crippen LogP contribution in [0.1, 0.15) is 48.9 Å². The fourth-order valence-electron chi connectivity index (χ4n) is 4.82. The molecule has 1 saturated carbocycles. The van der Waals surface area contributed by atoms with Gasteiger partial charge in [0.2, 0.25) is 5.91 Å². The normalized spacial score (nSPS) is 14.5. The van der Waals surface area contributed by atoms with Gasteiger partial charge in [0, 0.05) is 24.3 Å². The van der Waals surface area contributed by atoms with E-state index in [1.165, 1.54) is 30.7 Å². The molecule has 0 heterocycles. The van der Waals surface area contributed by atoms with Gasteiger partial charge < -0.3 is 25.4 Å². The molecule has 10 heteroatoms. The second-order valence-electron chi connectivity index (χ2n) is 10.00. The standard InChI is InChI=1S/C31H34F3N3O4/c32-31(33,34)41-27-17-13-24(14-18-27)35-19-20-36-30(39)28(21-22-7-3-1-4-8-22)37-29(38)23-11-15-26(16-12-23)40-25-9-5-2-6-10-25/h2,5-6,9-18,22,28,35H,1,3-4,7-8,19-21H2,(H,36,39)(H,37,38)/t28-/m0/s1. The predicted molar refractivity (Wildman–Crippen MR) is 150 cm³/mol. The third-order valence-corrected chi connectivity index (χ3v) is 6.85. The number of para-hydroxylation sites is 1. The number of halogens is 3. The van der Waals surface area contributed by atoms with Crippen molar-refractivity contribution in [2.24, 2.45) is 5.92 Å². The van der Waals surface area contributed by atoms with E-state index in [9.17, 15) is 22.8 Å². The summed E-state index contributed by atoms with van der Waals surface area (Å²) in [5, 5.41) is 8.83. The van der Waals surface area contributed by atoms with Gasteiger partial charge in [-0.3, -0.25) is 9.59 Å². The molecule has 0 aliphatic heterocycles. The molecule has 1 fully saturated rings. The van der Waals surface area contributed by atoms with E-state index < -0.39 is 12.4 Å². The summed E-state index contributed by atoms with van der Waals surface area (Å²) in [5.41, 5.74) is 1.01. The molecule has 3 aromatic carbocycles. The molecular weight excluding hydrogens is 535 g/mol. The van der Waals surface area contributed by atoms with Crippen molar-refractivity contribution in [2.45, 2.75) is 50.9 Å². The molecule has 2 amide bonds. The number of benzene rings is 3. The van der Waals surface area contributed by atoms with E-state index in [-0.39, 0.29) is 24.1 Å². The number of amides is 2. The zero-order valence-electron chi connectivity index (χ0n) is 22.6. The van der Waals surface area contributed by atoms with Crippen LogP contribution < -0.4 is 25.4 Å². The highest BCUT2D eigenvalue weighted by Crippen LogP contribution is 2.28. The Morgan fingerprint density at radius 1 is 0.805 bits per heavy atom. The Morgan fingerprint density at radius 3 is 2.10 bits per heavy atom. The maximum absolute atomic E-state index is 13.1. The average Bonchev–Trinajstić information content (AvgIpc) is 2.96. The number of hydrogen-bond acceptors (Lipinski definition) is 5. The van der Waals surface area contributed by atoms with Gasteiger partial charge in [-0.2, -0.15) is 0 Å². The van der Waals surface area contributed by atoms with Crippen molar-refractivity contribution >= 4 is 17.5 Å². The highest BCUT2D eigenvalue weighted by molar-refractivity contribution is 5.97. The van der Waals surface area contributed by atoms with Gasteiger partial charge in [0.25, 0.3) is 5.91 Å². The second-order valence-corrected chi connectivity index (χ2v) is 10.00. The fraction of sp³-hybridized carbons (Fsp3) is 0.355. The Hall–Kier alpha value is -4.21. The summed E-state index contributed by atoms with van der Waals surface area (Å²) in [7, 11) is 0. The molecule has 1 aliphatic carbocycles. The number of ether oxygens (including phenoxy) is 2. The SMILES string of the molecule is O=C(N[C@@H](CC1CCCCC1)C(=O)NCCNc1ccc(OC(F)(F)F)cc1)c1ccc(Oc2ccccc2)cc1. The number of hydrogen-bond donors (Lipinski definition) is 3. The summed E-state index contributed by atoms with van der Waals surface area (Å²) in [5.74, 6) is 0.721. The maximum atomic E-state index is 13.1. The predicted octanol–water partition coefficient (Wildman–Crippen LogP) is 6.67. The fourth-order valence-corrected chi connectivity index (χ4v) is 4.82. The summed E-state index contributed by atoms with van der Waals surface area (Å²) in [6, 6.07) is 20.7. The Balaban J connectivity index is 1.30. The molecule has 3 aromatic rings. The second kappa shape index (κ2) is 14.4. The van der Waals surface area contributed by atoms with Crippen LogP contribution in [0.3, 0.4) is 0 Å². The summed E-state index contributed by atoms with van der Waals surface area (Å²) in [6.45, 7) is 0.611. The van der Waals surface area contributed by atoms with Crippen molar-refractivity contribution in [2.75, 3.05) is 18.4 Å². The Bertz CT molecular complexity index is 1250. The van der Waals surface area contributed by atoms with Crippen molar-refractivity contribution in [3.8, 4) is 17.2 Å². The first-order chi connectivity index (χ1) is 19.7. The van der Waals surface area contributed by atoms with Gasteiger partial charge in [-0.1, -0.05) is 50.3 Å². The van der Waals surface area contributed by atoms with E-state index in [2.05, 4.69) is 20.7 Å². The number of carbonyl (C=O) groups excluding carboxylic acids is 2. The van der Waals surface area contributed by atoms with Gasteiger partial charge in [0.15, 0.2) is 0 Å². The first-order valence-corrected chi connectivity index (χ1v) is 13.8. The molecule has 1 aliphatic rings. The van der Waals surface area contributed by atoms with Crippen molar-refractivity contribution in [3.63, 3.8) is 0 Å². The van der Waals surface area contributed by atoms with E-state index >= 15 is 0 Å². The van der Waals surface area contributed by atoms with E-state index in [0.717, 1.165) is 25.7 Å². The smallest absolute Gasteiger partial charge is 0.457 e. The molecule has 0 saturated heterocycles. The number of anilines is 1. The molecule has 0 bridgehead atoms. The van der Waals surface area contributed by atoms with Crippen LogP contribution in [0.4, 0.5) is 18.9 Å². The molecule has 0 radical (unpaired) electrons. The first-order valence-electron chi connectivity index (χ1n) is 13.8. The zero-order chi connectivity index (χ0) is 29.1. The van der Waals surface area contributed by atoms with Crippen molar-refractivity contribution in [1.29, 1.82) is 0 Å². The molecule has 4 rings (SSSR count). The summed E-state index contributed by atoms with van der Waals surface area (Å²) in [4.78, 5) is 26.2. The minimum atomic E-state index is -4.75. The van der Waals surface area contributed by atoms with Crippen LogP contribution in [0.15, 0.2) is 78.9 Å². The van der Waals surface area contributed by atoms with Crippen molar-refractivity contribution < 1.29 is 32.2 Å². The van der Waals surface area contributed by atoms with Crippen LogP contribution in [0.5, 0.6) is 17.2 Å². The minimum absolute atomic E-state index is 0.266. The molecule has 7 nitrogen and oxygen atoms in total. The van der Waals surface area contributed by atoms with Gasteiger partial charge in [0.05, 0.1) is 0 Å². The lowest BCUT2D eigenvalue weighted by molar-refractivity contribution is -0.274. The quantitative estimate of drug-likeness (QED) is 0.212. The average molecular weight is 570 g/mol. The number of rotatable bonds is 12. The van der Waals surface area contributed by atoms with Gasteiger partial charge in [-0.05, 0) is 73.0 Å². The van der Waals surface area contributed by atoms with E-state index in [0.29, 0.717) is 41.6 Å². The lowest BCUT2D eigenvalue weighted by Gasteiger charge is -2.26. The van der Waals surface area contributed by atoms with Crippen LogP contribution in [0, 0.1) is 5.92 Å². The van der Waals surface area contributed by atoms with Crippen LogP contribution in [-0.4, -0.2) is 37.3 Å². The Kier molecular flexibility index (Phi) is 10.5. The molecule has 41 heavy (non-hydrogen) atoms.